The van der Waals surface area contributed by atoms with Crippen LogP contribution in [-0.4, -0.2) is 37.5 Å². The van der Waals surface area contributed by atoms with Gasteiger partial charge in [0.05, 0.1) is 11.7 Å². The first-order chi connectivity index (χ1) is 14.9. The fraction of sp³-hybridized carbons (Fsp3) is 0.609. The summed E-state index contributed by atoms with van der Waals surface area (Å²) in [6.45, 7) is 10.8. The number of rotatable bonds is 10. The van der Waals surface area contributed by atoms with Gasteiger partial charge in [0, 0.05) is 19.2 Å². The molecule has 1 aromatic carbocycles. The predicted molar refractivity (Wildman–Crippen MR) is 121 cm³/mol. The molecule has 0 aliphatic rings. The summed E-state index contributed by atoms with van der Waals surface area (Å²) in [6.07, 6.45) is 2.89. The van der Waals surface area contributed by atoms with Crippen LogP contribution in [0.25, 0.3) is 5.69 Å². The molecule has 0 unspecified atom stereocenters. The van der Waals surface area contributed by atoms with Crippen LogP contribution in [0, 0.1) is 5.82 Å². The van der Waals surface area contributed by atoms with Gasteiger partial charge in [0.15, 0.2) is 5.82 Å². The van der Waals surface area contributed by atoms with Gasteiger partial charge >= 0.3 is 5.69 Å². The van der Waals surface area contributed by atoms with Gasteiger partial charge in [0.1, 0.15) is 22.9 Å². The van der Waals surface area contributed by atoms with Gasteiger partial charge in [-0.3, -0.25) is 9.36 Å². The van der Waals surface area contributed by atoms with E-state index in [1.807, 2.05) is 27.7 Å². The van der Waals surface area contributed by atoms with Gasteiger partial charge in [-0.2, -0.15) is 4.68 Å². The highest BCUT2D eigenvalue weighted by molar-refractivity contribution is 5.97. The molecule has 0 radical (unpaired) electrons. The van der Waals surface area contributed by atoms with Crippen LogP contribution in [0.2, 0.25) is 0 Å². The number of nitrogens with one attached hydrogen (secondary N) is 1. The summed E-state index contributed by atoms with van der Waals surface area (Å²) in [5, 5.41) is 17.3. The number of hydrogen-bond acceptors (Lipinski definition) is 5. The minimum Gasteiger partial charge on any atom is -0.490 e. The Hall–Kier alpha value is -2.68. The second-order valence-corrected chi connectivity index (χ2v) is 8.64. The van der Waals surface area contributed by atoms with Gasteiger partial charge in [-0.15, -0.1) is 5.10 Å². The fourth-order valence-electron chi connectivity index (χ4n) is 3.54. The number of hydrogen-bond donors (Lipinski definition) is 2. The van der Waals surface area contributed by atoms with Crippen LogP contribution in [0.1, 0.15) is 83.4 Å². The van der Waals surface area contributed by atoms with Crippen molar-refractivity contribution in [3.8, 4) is 11.4 Å². The topological polar surface area (TPSA) is 98.4 Å². The van der Waals surface area contributed by atoms with Crippen molar-refractivity contribution in [2.75, 3.05) is 0 Å². The van der Waals surface area contributed by atoms with E-state index in [0.717, 1.165) is 41.0 Å². The molecule has 0 saturated carbocycles. The molecule has 2 N–H and O–H groups in total. The molecule has 1 amide bonds. The van der Waals surface area contributed by atoms with Crippen LogP contribution in [0.3, 0.4) is 0 Å². The highest BCUT2D eigenvalue weighted by Crippen LogP contribution is 2.28. The number of carbonyl (C=O) groups is 1. The van der Waals surface area contributed by atoms with Crippen molar-refractivity contribution in [1.29, 1.82) is 0 Å². The van der Waals surface area contributed by atoms with E-state index in [0.29, 0.717) is 0 Å². The van der Waals surface area contributed by atoms with Gasteiger partial charge in [-0.05, 0) is 46.1 Å². The number of ether oxygens (including phenoxy) is 1. The summed E-state index contributed by atoms with van der Waals surface area (Å²) in [4.78, 5) is 25.6. The van der Waals surface area contributed by atoms with Crippen molar-refractivity contribution >= 4 is 5.91 Å². The van der Waals surface area contributed by atoms with Crippen molar-refractivity contribution in [2.45, 2.75) is 85.0 Å². The first-order valence-corrected chi connectivity index (χ1v) is 11.1. The molecular weight excluding hydrogens is 415 g/mol. The molecule has 0 spiro atoms. The maximum atomic E-state index is 15.2. The quantitative estimate of drug-likeness (QED) is 0.578. The molecule has 0 saturated heterocycles. The minimum absolute atomic E-state index is 0.0427. The summed E-state index contributed by atoms with van der Waals surface area (Å²) < 4.78 is 23.2. The zero-order valence-corrected chi connectivity index (χ0v) is 20.0. The molecule has 1 heterocycles. The zero-order valence-electron chi connectivity index (χ0n) is 20.0. The third kappa shape index (κ3) is 5.56. The molecule has 2 rings (SSSR count). The molecular formula is C23H35FN4O4. The third-order valence-electron chi connectivity index (χ3n) is 5.39. The Morgan fingerprint density at radius 3 is 2.41 bits per heavy atom. The molecule has 0 aliphatic carbocycles. The molecule has 8 nitrogen and oxygen atoms in total. The molecule has 0 bridgehead atoms. The number of halogens is 1. The third-order valence-corrected chi connectivity index (χ3v) is 5.39. The van der Waals surface area contributed by atoms with Crippen molar-refractivity contribution < 1.29 is 19.0 Å². The van der Waals surface area contributed by atoms with E-state index >= 15 is 4.39 Å². The first kappa shape index (κ1) is 25.6. The molecule has 2 aromatic rings. The largest absolute Gasteiger partial charge is 0.490 e. The average Bonchev–Trinajstić information content (AvgIpc) is 3.02. The lowest BCUT2D eigenvalue weighted by atomic mass is 10.1. The van der Waals surface area contributed by atoms with Crippen LogP contribution < -0.4 is 15.7 Å². The fourth-order valence-corrected chi connectivity index (χ4v) is 3.54. The van der Waals surface area contributed by atoms with Gasteiger partial charge < -0.3 is 15.2 Å². The second-order valence-electron chi connectivity index (χ2n) is 8.64. The maximum absolute atomic E-state index is 15.2. The first-order valence-electron chi connectivity index (χ1n) is 11.1. The number of aliphatic hydroxyl groups is 1. The Labute approximate surface area is 188 Å². The van der Waals surface area contributed by atoms with Crippen LogP contribution in [0.5, 0.6) is 5.75 Å². The molecule has 1 aromatic heterocycles. The summed E-state index contributed by atoms with van der Waals surface area (Å²) in [5.41, 5.74) is -2.12. The Morgan fingerprint density at radius 1 is 1.28 bits per heavy atom. The van der Waals surface area contributed by atoms with Gasteiger partial charge in [-0.1, -0.05) is 27.2 Å². The normalized spacial score (nSPS) is 12.8. The SMILES string of the molecule is CCC[C@H](C)Oc1cc(-n2nc(C(C)(C)O)n(C)c2=O)c(F)cc1C(=O)NC(CC)CC. The maximum Gasteiger partial charge on any atom is 0.350 e. The standard InChI is InChI=1S/C23H35FN4O4/c1-8-11-14(4)32-19-13-18(28-22(30)27(7)21(26-28)23(5,6)31)17(24)12-16(19)20(29)25-15(9-2)10-3/h12-15,31H,8-11H2,1-7H3,(H,25,29)/t14-/m0/s1. The number of amides is 1. The summed E-state index contributed by atoms with van der Waals surface area (Å²) in [5.74, 6) is -0.974. The van der Waals surface area contributed by atoms with E-state index in [1.54, 1.807) is 0 Å². The van der Waals surface area contributed by atoms with Crippen molar-refractivity contribution in [3.63, 3.8) is 0 Å². The minimum atomic E-state index is -1.40. The molecule has 1 atom stereocenters. The van der Waals surface area contributed by atoms with Crippen molar-refractivity contribution in [2.24, 2.45) is 7.05 Å². The van der Waals surface area contributed by atoms with Crippen LogP contribution >= 0.6 is 0 Å². The Morgan fingerprint density at radius 2 is 1.91 bits per heavy atom. The lowest BCUT2D eigenvalue weighted by molar-refractivity contribution is 0.0649. The number of nitrogens with zero attached hydrogens (tertiary/aromatic N) is 3. The van der Waals surface area contributed by atoms with Gasteiger partial charge in [-0.25, -0.2) is 9.18 Å². The van der Waals surface area contributed by atoms with Crippen LogP contribution in [-0.2, 0) is 12.6 Å². The Balaban J connectivity index is 2.62. The molecule has 32 heavy (non-hydrogen) atoms. The Bertz CT molecular complexity index is 1000. The van der Waals surface area contributed by atoms with E-state index in [9.17, 15) is 14.7 Å². The van der Waals surface area contributed by atoms with Gasteiger partial charge in [0.25, 0.3) is 5.91 Å². The monoisotopic (exact) mass is 450 g/mol. The summed E-state index contributed by atoms with van der Waals surface area (Å²) in [7, 11) is 1.45. The summed E-state index contributed by atoms with van der Waals surface area (Å²) in [6, 6.07) is 2.36. The predicted octanol–water partition coefficient (Wildman–Crippen LogP) is 3.42. The van der Waals surface area contributed by atoms with E-state index < -0.39 is 23.0 Å². The summed E-state index contributed by atoms with van der Waals surface area (Å²) >= 11 is 0. The lowest BCUT2D eigenvalue weighted by Crippen LogP contribution is -2.34. The van der Waals surface area contributed by atoms with Crippen LogP contribution in [0.15, 0.2) is 16.9 Å². The second kappa shape index (κ2) is 10.3. The molecule has 0 fully saturated rings. The van der Waals surface area contributed by atoms with Crippen molar-refractivity contribution in [1.82, 2.24) is 19.7 Å². The highest BCUT2D eigenvalue weighted by atomic mass is 19.1. The number of benzene rings is 1. The van der Waals surface area contributed by atoms with Crippen molar-refractivity contribution in [3.05, 3.63) is 39.8 Å². The van der Waals surface area contributed by atoms with E-state index in [1.165, 1.54) is 27.0 Å². The average molecular weight is 451 g/mol. The molecule has 178 valence electrons. The lowest BCUT2D eigenvalue weighted by Gasteiger charge is -2.20. The molecule has 9 heteroatoms. The highest BCUT2D eigenvalue weighted by Gasteiger charge is 2.28. The number of carbonyl (C=O) groups excluding carboxylic acids is 1. The van der Waals surface area contributed by atoms with Gasteiger partial charge in [0.2, 0.25) is 0 Å². The van der Waals surface area contributed by atoms with Crippen LogP contribution in [0.4, 0.5) is 4.39 Å². The smallest absolute Gasteiger partial charge is 0.350 e. The van der Waals surface area contributed by atoms with E-state index in [4.69, 9.17) is 4.74 Å². The molecule has 0 aliphatic heterocycles. The zero-order chi connectivity index (χ0) is 24.2. The van der Waals surface area contributed by atoms with E-state index in [2.05, 4.69) is 10.4 Å². The van der Waals surface area contributed by atoms with E-state index in [-0.39, 0.29) is 35.0 Å². The number of aromatic nitrogens is 3. The Kier molecular flexibility index (Phi) is 8.23.